The van der Waals surface area contributed by atoms with E-state index >= 15 is 0 Å². The zero-order valence-electron chi connectivity index (χ0n) is 17.7. The molecule has 1 aromatic heterocycles. The van der Waals surface area contributed by atoms with Crippen LogP contribution in [0.25, 0.3) is 0 Å². The van der Waals surface area contributed by atoms with Gasteiger partial charge in [-0.2, -0.15) is 0 Å². The Morgan fingerprint density at radius 3 is 2.28 bits per heavy atom. The Kier molecular flexibility index (Phi) is 6.22. The van der Waals surface area contributed by atoms with Crippen LogP contribution in [-0.4, -0.2) is 83.2 Å². The summed E-state index contributed by atoms with van der Waals surface area (Å²) in [5, 5.41) is 5.04. The highest BCUT2D eigenvalue weighted by Crippen LogP contribution is 2.38. The lowest BCUT2D eigenvalue weighted by atomic mass is 9.96. The number of hydrogen-bond acceptors (Lipinski definition) is 6. The molecule has 162 valence electrons. The molecule has 8 heteroatoms. The van der Waals surface area contributed by atoms with Crippen molar-refractivity contribution in [1.29, 1.82) is 0 Å². The van der Waals surface area contributed by atoms with E-state index < -0.39 is 0 Å². The van der Waals surface area contributed by atoms with Gasteiger partial charge in [0.1, 0.15) is 0 Å². The van der Waals surface area contributed by atoms with Crippen LogP contribution in [0.4, 0.5) is 5.95 Å². The van der Waals surface area contributed by atoms with Crippen LogP contribution in [0, 0.1) is 10.7 Å². The number of likely N-dealkylation sites (tertiary alicyclic amines) is 1. The van der Waals surface area contributed by atoms with Gasteiger partial charge in [0.05, 0.1) is 19.9 Å². The van der Waals surface area contributed by atoms with Gasteiger partial charge in [-0.3, -0.25) is 14.4 Å². The highest BCUT2D eigenvalue weighted by molar-refractivity contribution is 7.71. The Balaban J connectivity index is 1.20. The van der Waals surface area contributed by atoms with Gasteiger partial charge >= 0.3 is 0 Å². The fourth-order valence-corrected chi connectivity index (χ4v) is 5.44. The van der Waals surface area contributed by atoms with Crippen molar-refractivity contribution in [2.45, 2.75) is 57.7 Å². The zero-order chi connectivity index (χ0) is 19.6. The third-order valence-corrected chi connectivity index (χ3v) is 7.47. The molecule has 1 aliphatic carbocycles. The number of piperidine rings is 2. The topological polar surface area (TPSA) is 41.7 Å². The molecular weight excluding hydrogens is 384 g/mol. The summed E-state index contributed by atoms with van der Waals surface area (Å²) in [5.41, 5.74) is 0. The molecule has 3 aliphatic heterocycles. The van der Waals surface area contributed by atoms with E-state index in [0.717, 1.165) is 75.8 Å². The Bertz CT molecular complexity index is 724. The number of morpholine rings is 1. The molecular formula is C21H36N6OS. The van der Waals surface area contributed by atoms with E-state index in [2.05, 4.69) is 23.9 Å². The minimum Gasteiger partial charge on any atom is -0.379 e. The lowest BCUT2D eigenvalue weighted by Gasteiger charge is -2.35. The zero-order valence-corrected chi connectivity index (χ0v) is 18.5. The van der Waals surface area contributed by atoms with E-state index in [4.69, 9.17) is 22.1 Å². The summed E-state index contributed by atoms with van der Waals surface area (Å²) in [4.78, 5) is 7.61. The summed E-state index contributed by atoms with van der Waals surface area (Å²) in [6.07, 6.45) is 8.99. The lowest BCUT2D eigenvalue weighted by Crippen LogP contribution is -2.43. The number of aromatic nitrogens is 3. The standard InChI is InChI=1S/C21H36N6OS/c29-21-26(22-20(27(21)19-4-5-19)25-8-2-1-3-9-25)17-24-10-6-18(7-11-24)16-23-12-14-28-15-13-23/h18-19H,1-17H2. The predicted octanol–water partition coefficient (Wildman–Crippen LogP) is 2.74. The minimum atomic E-state index is 0.590. The fraction of sp³-hybridized carbons (Fsp3) is 0.905. The van der Waals surface area contributed by atoms with Gasteiger partial charge in [-0.1, -0.05) is 0 Å². The normalized spacial score (nSPS) is 25.6. The van der Waals surface area contributed by atoms with E-state index in [1.54, 1.807) is 0 Å². The molecule has 29 heavy (non-hydrogen) atoms. The van der Waals surface area contributed by atoms with Crippen LogP contribution in [0.1, 0.15) is 51.0 Å². The maximum absolute atomic E-state index is 5.89. The Morgan fingerprint density at radius 2 is 1.59 bits per heavy atom. The van der Waals surface area contributed by atoms with Gasteiger partial charge in [0.25, 0.3) is 0 Å². The Morgan fingerprint density at radius 1 is 0.862 bits per heavy atom. The summed E-state index contributed by atoms with van der Waals surface area (Å²) < 4.78 is 10.9. The summed E-state index contributed by atoms with van der Waals surface area (Å²) in [6.45, 7) is 10.7. The summed E-state index contributed by atoms with van der Waals surface area (Å²) in [5.74, 6) is 1.96. The summed E-state index contributed by atoms with van der Waals surface area (Å²) >= 11 is 5.89. The average molecular weight is 421 g/mol. The maximum Gasteiger partial charge on any atom is 0.226 e. The van der Waals surface area contributed by atoms with Crippen LogP contribution >= 0.6 is 12.2 Å². The molecule has 1 aromatic rings. The third kappa shape index (κ3) is 4.70. The largest absolute Gasteiger partial charge is 0.379 e. The van der Waals surface area contributed by atoms with Crippen molar-refractivity contribution in [3.8, 4) is 0 Å². The first-order valence-corrected chi connectivity index (χ1v) is 12.2. The third-order valence-electron chi connectivity index (χ3n) is 7.06. The van der Waals surface area contributed by atoms with Gasteiger partial charge in [0, 0.05) is 51.9 Å². The molecule has 4 aliphatic rings. The molecule has 0 unspecified atom stereocenters. The first-order chi connectivity index (χ1) is 14.3. The SMILES string of the molecule is S=c1n(CN2CCC(CN3CCOCC3)CC2)nc(N2CCCCC2)n1C1CC1. The second-order valence-corrected chi connectivity index (χ2v) is 9.71. The molecule has 1 saturated carbocycles. The van der Waals surface area contributed by atoms with Crippen molar-refractivity contribution in [2.75, 3.05) is 63.9 Å². The number of nitrogens with zero attached hydrogens (tertiary/aromatic N) is 6. The van der Waals surface area contributed by atoms with Crippen LogP contribution < -0.4 is 4.90 Å². The van der Waals surface area contributed by atoms with Crippen molar-refractivity contribution < 1.29 is 4.74 Å². The second kappa shape index (κ2) is 9.04. The van der Waals surface area contributed by atoms with E-state index in [0.29, 0.717) is 6.04 Å². The minimum absolute atomic E-state index is 0.590. The van der Waals surface area contributed by atoms with Crippen LogP contribution in [-0.2, 0) is 11.4 Å². The molecule has 7 nitrogen and oxygen atoms in total. The highest BCUT2D eigenvalue weighted by atomic mass is 32.1. The first-order valence-electron chi connectivity index (χ1n) is 11.7. The van der Waals surface area contributed by atoms with E-state index in [9.17, 15) is 0 Å². The number of hydrogen-bond donors (Lipinski definition) is 0. The van der Waals surface area contributed by atoms with Crippen molar-refractivity contribution in [1.82, 2.24) is 24.1 Å². The molecule has 4 fully saturated rings. The van der Waals surface area contributed by atoms with E-state index in [1.807, 2.05) is 0 Å². The Labute approximate surface area is 179 Å². The maximum atomic E-state index is 5.89. The average Bonchev–Trinajstić information content (AvgIpc) is 3.55. The fourth-order valence-electron chi connectivity index (χ4n) is 5.11. The molecule has 0 radical (unpaired) electrons. The van der Waals surface area contributed by atoms with Crippen molar-refractivity contribution in [3.05, 3.63) is 4.77 Å². The van der Waals surface area contributed by atoms with Gasteiger partial charge in [0.15, 0.2) is 0 Å². The predicted molar refractivity (Wildman–Crippen MR) is 117 cm³/mol. The van der Waals surface area contributed by atoms with E-state index in [-0.39, 0.29) is 0 Å². The van der Waals surface area contributed by atoms with Gasteiger partial charge < -0.3 is 9.64 Å². The van der Waals surface area contributed by atoms with Crippen LogP contribution in [0.3, 0.4) is 0 Å². The molecule has 0 bridgehead atoms. The van der Waals surface area contributed by atoms with Crippen LogP contribution in [0.2, 0.25) is 0 Å². The van der Waals surface area contributed by atoms with Gasteiger partial charge in [-0.25, -0.2) is 4.68 Å². The molecule has 0 amide bonds. The molecule has 0 aromatic carbocycles. The van der Waals surface area contributed by atoms with Crippen molar-refractivity contribution in [2.24, 2.45) is 5.92 Å². The molecule has 0 N–H and O–H groups in total. The molecule has 5 rings (SSSR count). The number of rotatable bonds is 6. The summed E-state index contributed by atoms with van der Waals surface area (Å²) in [6, 6.07) is 0.590. The van der Waals surface area contributed by atoms with Gasteiger partial charge in [-0.15, -0.1) is 5.10 Å². The Hall–Kier alpha value is -0.960. The monoisotopic (exact) mass is 420 g/mol. The molecule has 4 heterocycles. The van der Waals surface area contributed by atoms with Crippen molar-refractivity contribution >= 4 is 18.2 Å². The molecule has 3 saturated heterocycles. The highest BCUT2D eigenvalue weighted by Gasteiger charge is 2.31. The number of ether oxygens (including phenoxy) is 1. The van der Waals surface area contributed by atoms with Crippen LogP contribution in [0.15, 0.2) is 0 Å². The second-order valence-electron chi connectivity index (χ2n) is 9.35. The van der Waals surface area contributed by atoms with Crippen molar-refractivity contribution in [3.63, 3.8) is 0 Å². The molecule has 0 spiro atoms. The van der Waals surface area contributed by atoms with Gasteiger partial charge in [-0.05, 0) is 63.1 Å². The van der Waals surface area contributed by atoms with Crippen LogP contribution in [0.5, 0.6) is 0 Å². The number of anilines is 1. The molecule has 0 atom stereocenters. The first kappa shape index (κ1) is 20.0. The quantitative estimate of drug-likeness (QED) is 0.659. The summed E-state index contributed by atoms with van der Waals surface area (Å²) in [7, 11) is 0. The van der Waals surface area contributed by atoms with E-state index in [1.165, 1.54) is 51.5 Å². The van der Waals surface area contributed by atoms with Gasteiger partial charge in [0.2, 0.25) is 10.7 Å². The smallest absolute Gasteiger partial charge is 0.226 e. The lowest BCUT2D eigenvalue weighted by molar-refractivity contribution is 0.0228.